The largest absolute Gasteiger partial charge is 0.475 e. The maximum absolute atomic E-state index is 11.2. The standard InChI is InChI=1S/C11H18N2O2/c1-5-9-12(6-2)8(4)10(11(14)15)13(9)7-3/h5-7H2,1-4H3/p+1. The predicted molar refractivity (Wildman–Crippen MR) is 57.0 cm³/mol. The van der Waals surface area contributed by atoms with Gasteiger partial charge in [-0.3, -0.25) is 0 Å². The Hall–Kier alpha value is -1.32. The van der Waals surface area contributed by atoms with E-state index < -0.39 is 5.97 Å². The van der Waals surface area contributed by atoms with Gasteiger partial charge in [-0.1, -0.05) is 6.92 Å². The van der Waals surface area contributed by atoms with Crippen molar-refractivity contribution >= 4 is 5.97 Å². The van der Waals surface area contributed by atoms with Gasteiger partial charge in [0, 0.05) is 13.3 Å². The zero-order valence-electron chi connectivity index (χ0n) is 9.87. The SMILES string of the molecule is CCc1n(CC)c(C(=O)O)c(C)[n+]1CC. The van der Waals surface area contributed by atoms with Gasteiger partial charge >= 0.3 is 5.97 Å². The molecule has 1 N–H and O–H groups in total. The van der Waals surface area contributed by atoms with Crippen LogP contribution in [-0.4, -0.2) is 15.6 Å². The van der Waals surface area contributed by atoms with Crippen LogP contribution >= 0.6 is 0 Å². The highest BCUT2D eigenvalue weighted by Crippen LogP contribution is 2.10. The number of aromatic carboxylic acids is 1. The van der Waals surface area contributed by atoms with Crippen molar-refractivity contribution in [3.05, 3.63) is 17.2 Å². The quantitative estimate of drug-likeness (QED) is 0.765. The summed E-state index contributed by atoms with van der Waals surface area (Å²) in [5.41, 5.74) is 1.28. The summed E-state index contributed by atoms with van der Waals surface area (Å²) in [5, 5.41) is 9.17. The summed E-state index contributed by atoms with van der Waals surface area (Å²) >= 11 is 0. The third-order valence-corrected chi connectivity index (χ3v) is 2.79. The molecule has 0 bridgehead atoms. The number of rotatable bonds is 4. The Bertz CT molecular complexity index is 380. The first-order valence-electron chi connectivity index (χ1n) is 5.43. The number of carboxylic acid groups (broad SMARTS) is 1. The molecule has 0 aliphatic carbocycles. The fourth-order valence-corrected chi connectivity index (χ4v) is 2.20. The van der Waals surface area contributed by atoms with E-state index >= 15 is 0 Å². The minimum absolute atomic E-state index is 0.427. The Labute approximate surface area is 90.2 Å². The van der Waals surface area contributed by atoms with Crippen LogP contribution in [0, 0.1) is 6.92 Å². The smallest absolute Gasteiger partial charge is 0.380 e. The van der Waals surface area contributed by atoms with E-state index in [1.807, 2.05) is 25.3 Å². The van der Waals surface area contributed by atoms with Crippen LogP contribution in [0.1, 0.15) is 42.8 Å². The molecule has 0 fully saturated rings. The number of carboxylic acids is 1. The minimum Gasteiger partial charge on any atom is -0.475 e. The summed E-state index contributed by atoms with van der Waals surface area (Å²) in [5.74, 6) is 0.256. The average Bonchev–Trinajstić information content (AvgIpc) is 2.49. The summed E-state index contributed by atoms with van der Waals surface area (Å²) in [6.07, 6.45) is 0.857. The topological polar surface area (TPSA) is 46.1 Å². The Balaban J connectivity index is 3.51. The first kappa shape index (κ1) is 11.8. The summed E-state index contributed by atoms with van der Waals surface area (Å²) in [7, 11) is 0. The van der Waals surface area contributed by atoms with Gasteiger partial charge in [-0.25, -0.2) is 13.9 Å². The highest BCUT2D eigenvalue weighted by Gasteiger charge is 2.29. The summed E-state index contributed by atoms with van der Waals surface area (Å²) in [6.45, 7) is 9.47. The second-order valence-corrected chi connectivity index (χ2v) is 3.50. The fraction of sp³-hybridized carbons (Fsp3) is 0.636. The van der Waals surface area contributed by atoms with Crippen molar-refractivity contribution < 1.29 is 14.5 Å². The first-order valence-corrected chi connectivity index (χ1v) is 5.43. The lowest BCUT2D eigenvalue weighted by Crippen LogP contribution is -2.38. The van der Waals surface area contributed by atoms with Crippen molar-refractivity contribution in [1.82, 2.24) is 4.57 Å². The summed E-state index contributed by atoms with van der Waals surface area (Å²) < 4.78 is 3.97. The van der Waals surface area contributed by atoms with Gasteiger partial charge in [-0.2, -0.15) is 0 Å². The van der Waals surface area contributed by atoms with E-state index in [0.29, 0.717) is 12.2 Å². The molecular formula is C11H19N2O2+. The number of nitrogens with zero attached hydrogens (tertiary/aromatic N) is 2. The van der Waals surface area contributed by atoms with Crippen LogP contribution in [0.15, 0.2) is 0 Å². The maximum atomic E-state index is 11.2. The molecule has 1 heterocycles. The first-order chi connectivity index (χ1) is 7.08. The summed E-state index contributed by atoms with van der Waals surface area (Å²) in [6, 6.07) is 0. The second-order valence-electron chi connectivity index (χ2n) is 3.50. The second kappa shape index (κ2) is 4.47. The highest BCUT2D eigenvalue weighted by molar-refractivity contribution is 5.86. The molecule has 0 unspecified atom stereocenters. The lowest BCUT2D eigenvalue weighted by Gasteiger charge is -1.99. The molecule has 84 valence electrons. The predicted octanol–water partition coefficient (Wildman–Crippen LogP) is 1.38. The van der Waals surface area contributed by atoms with E-state index in [1.54, 1.807) is 0 Å². The van der Waals surface area contributed by atoms with Crippen molar-refractivity contribution in [2.75, 3.05) is 0 Å². The number of aromatic nitrogens is 2. The van der Waals surface area contributed by atoms with Crippen molar-refractivity contribution in [2.45, 2.75) is 47.2 Å². The molecule has 0 spiro atoms. The van der Waals surface area contributed by atoms with E-state index in [4.69, 9.17) is 0 Å². The zero-order valence-corrected chi connectivity index (χ0v) is 9.87. The van der Waals surface area contributed by atoms with Crippen molar-refractivity contribution in [3.63, 3.8) is 0 Å². The highest BCUT2D eigenvalue weighted by atomic mass is 16.4. The average molecular weight is 211 g/mol. The number of carbonyl (C=O) groups is 1. The van der Waals surface area contributed by atoms with Crippen LogP contribution in [0.5, 0.6) is 0 Å². The zero-order chi connectivity index (χ0) is 11.6. The van der Waals surface area contributed by atoms with E-state index in [-0.39, 0.29) is 0 Å². The van der Waals surface area contributed by atoms with Crippen molar-refractivity contribution in [2.24, 2.45) is 0 Å². The van der Waals surface area contributed by atoms with Gasteiger partial charge in [-0.15, -0.1) is 0 Å². The van der Waals surface area contributed by atoms with Crippen LogP contribution in [0.4, 0.5) is 0 Å². The molecule has 1 aromatic heterocycles. The van der Waals surface area contributed by atoms with Gasteiger partial charge in [0.2, 0.25) is 0 Å². The molecule has 0 aromatic carbocycles. The van der Waals surface area contributed by atoms with Gasteiger partial charge in [-0.05, 0) is 13.8 Å². The monoisotopic (exact) mass is 211 g/mol. The Morgan fingerprint density at radius 1 is 1.40 bits per heavy atom. The molecule has 0 amide bonds. The molecule has 0 saturated heterocycles. The molecule has 0 saturated carbocycles. The normalized spacial score (nSPS) is 10.7. The Morgan fingerprint density at radius 2 is 2.00 bits per heavy atom. The van der Waals surface area contributed by atoms with E-state index in [2.05, 4.69) is 11.5 Å². The summed E-state index contributed by atoms with van der Waals surface area (Å²) in [4.78, 5) is 11.2. The van der Waals surface area contributed by atoms with Crippen LogP contribution in [0.3, 0.4) is 0 Å². The van der Waals surface area contributed by atoms with Crippen LogP contribution in [0.25, 0.3) is 0 Å². The molecule has 4 heteroatoms. The molecular weight excluding hydrogens is 192 g/mol. The van der Waals surface area contributed by atoms with Crippen LogP contribution < -0.4 is 4.57 Å². The fourth-order valence-electron chi connectivity index (χ4n) is 2.20. The van der Waals surface area contributed by atoms with Crippen LogP contribution in [0.2, 0.25) is 0 Å². The molecule has 1 rings (SSSR count). The van der Waals surface area contributed by atoms with Gasteiger partial charge in [0.25, 0.3) is 11.5 Å². The number of hydrogen-bond acceptors (Lipinski definition) is 1. The van der Waals surface area contributed by atoms with Crippen LogP contribution in [-0.2, 0) is 19.5 Å². The molecule has 0 radical (unpaired) electrons. The molecule has 1 aromatic rings. The van der Waals surface area contributed by atoms with Gasteiger partial charge in [0.15, 0.2) is 5.69 Å². The van der Waals surface area contributed by atoms with Gasteiger partial charge in [0.1, 0.15) is 0 Å². The molecule has 0 aliphatic rings. The third kappa shape index (κ3) is 1.76. The molecule has 4 nitrogen and oxygen atoms in total. The number of imidazole rings is 1. The molecule has 0 aliphatic heterocycles. The van der Waals surface area contributed by atoms with E-state index in [0.717, 1.165) is 24.5 Å². The van der Waals surface area contributed by atoms with E-state index in [1.165, 1.54) is 0 Å². The van der Waals surface area contributed by atoms with Crippen molar-refractivity contribution in [1.29, 1.82) is 0 Å². The van der Waals surface area contributed by atoms with E-state index in [9.17, 15) is 9.90 Å². The molecule has 15 heavy (non-hydrogen) atoms. The Morgan fingerprint density at radius 3 is 2.33 bits per heavy atom. The third-order valence-electron chi connectivity index (χ3n) is 2.79. The minimum atomic E-state index is -0.837. The Kier molecular flexibility index (Phi) is 3.50. The maximum Gasteiger partial charge on any atom is 0.380 e. The number of hydrogen-bond donors (Lipinski definition) is 1. The van der Waals surface area contributed by atoms with Gasteiger partial charge < -0.3 is 5.11 Å². The van der Waals surface area contributed by atoms with Crippen molar-refractivity contribution in [3.8, 4) is 0 Å². The van der Waals surface area contributed by atoms with Gasteiger partial charge in [0.05, 0.1) is 13.1 Å². The lowest BCUT2D eigenvalue weighted by molar-refractivity contribution is -0.706. The lowest BCUT2D eigenvalue weighted by atomic mass is 10.3. The molecule has 0 atom stereocenters.